The van der Waals surface area contributed by atoms with E-state index in [1.54, 1.807) is 13.3 Å². The highest BCUT2D eigenvalue weighted by Crippen LogP contribution is 2.27. The lowest BCUT2D eigenvalue weighted by Gasteiger charge is -2.28. The number of aryl methyl sites for hydroxylation is 1. The molecule has 0 unspecified atom stereocenters. The van der Waals surface area contributed by atoms with Gasteiger partial charge in [-0.3, -0.25) is 19.6 Å². The molecule has 1 aromatic carbocycles. The number of aliphatic carboxylic acids is 1. The first-order chi connectivity index (χ1) is 13.1. The van der Waals surface area contributed by atoms with Gasteiger partial charge in [-0.1, -0.05) is 18.2 Å². The van der Waals surface area contributed by atoms with Gasteiger partial charge in [-0.15, -0.1) is 0 Å². The Hall–Kier alpha value is -2.44. The number of benzene rings is 1. The number of methoxy groups -OCH3 is 1. The summed E-state index contributed by atoms with van der Waals surface area (Å²) in [7, 11) is 1.63. The van der Waals surface area contributed by atoms with Gasteiger partial charge in [-0.05, 0) is 48.7 Å². The zero-order valence-electron chi connectivity index (χ0n) is 16.0. The molecule has 1 atom stereocenters. The lowest BCUT2D eigenvalue weighted by Crippen LogP contribution is -2.37. The van der Waals surface area contributed by atoms with Crippen LogP contribution in [0.5, 0.6) is 5.75 Å². The number of hydrogen-bond donors (Lipinski definition) is 1. The molecular formula is C21H27N3O3. The van der Waals surface area contributed by atoms with Crippen molar-refractivity contribution < 1.29 is 14.6 Å². The van der Waals surface area contributed by atoms with E-state index in [1.165, 1.54) is 5.56 Å². The minimum absolute atomic E-state index is 0.632. The fourth-order valence-corrected chi connectivity index (χ4v) is 3.74. The summed E-state index contributed by atoms with van der Waals surface area (Å²) in [6, 6.07) is 9.04. The molecule has 1 aromatic heterocycles. The van der Waals surface area contributed by atoms with Crippen LogP contribution in [-0.2, 0) is 11.3 Å². The molecule has 0 spiro atoms. The zero-order chi connectivity index (χ0) is 19.2. The predicted octanol–water partition coefficient (Wildman–Crippen LogP) is 2.73. The number of ether oxygens (including phenoxy) is 1. The van der Waals surface area contributed by atoms with Crippen LogP contribution >= 0.6 is 0 Å². The van der Waals surface area contributed by atoms with Gasteiger partial charge in [0.25, 0.3) is 0 Å². The Morgan fingerprint density at radius 2 is 2.11 bits per heavy atom. The minimum atomic E-state index is -0.805. The van der Waals surface area contributed by atoms with Crippen molar-refractivity contribution in [3.05, 3.63) is 59.4 Å². The number of pyridine rings is 1. The van der Waals surface area contributed by atoms with Crippen LogP contribution in [0.2, 0.25) is 0 Å². The Kier molecular flexibility index (Phi) is 6.42. The van der Waals surface area contributed by atoms with Crippen molar-refractivity contribution in [3.63, 3.8) is 0 Å². The molecular weight excluding hydrogens is 342 g/mol. The summed E-state index contributed by atoms with van der Waals surface area (Å²) in [6.45, 7) is 6.08. The van der Waals surface area contributed by atoms with Gasteiger partial charge in [-0.2, -0.15) is 0 Å². The first kappa shape index (κ1) is 19.3. The number of aromatic nitrogens is 1. The summed E-state index contributed by atoms with van der Waals surface area (Å²) in [5.41, 5.74) is 2.95. The Balaban J connectivity index is 1.71. The van der Waals surface area contributed by atoms with Crippen molar-refractivity contribution in [1.29, 1.82) is 0 Å². The maximum absolute atomic E-state index is 12.1. The van der Waals surface area contributed by atoms with E-state index >= 15 is 0 Å². The molecule has 0 aliphatic carbocycles. The first-order valence-corrected chi connectivity index (χ1v) is 9.31. The maximum Gasteiger partial charge on any atom is 0.325 e. The van der Waals surface area contributed by atoms with Gasteiger partial charge < -0.3 is 9.84 Å². The van der Waals surface area contributed by atoms with Crippen LogP contribution in [0.3, 0.4) is 0 Å². The highest BCUT2D eigenvalue weighted by Gasteiger charge is 2.29. The van der Waals surface area contributed by atoms with Gasteiger partial charge in [0.1, 0.15) is 11.8 Å². The molecule has 1 aliphatic rings. The van der Waals surface area contributed by atoms with Crippen molar-refractivity contribution in [2.24, 2.45) is 0 Å². The normalized spacial score (nSPS) is 17.3. The molecule has 3 rings (SSSR count). The molecule has 0 saturated carbocycles. The maximum atomic E-state index is 12.1. The quantitative estimate of drug-likeness (QED) is 0.845. The molecule has 1 N–H and O–H groups in total. The summed E-state index contributed by atoms with van der Waals surface area (Å²) in [4.78, 5) is 20.7. The predicted molar refractivity (Wildman–Crippen MR) is 104 cm³/mol. The molecule has 1 aliphatic heterocycles. The third-order valence-corrected chi connectivity index (χ3v) is 5.09. The Bertz CT molecular complexity index is 767. The van der Waals surface area contributed by atoms with Gasteiger partial charge >= 0.3 is 5.97 Å². The van der Waals surface area contributed by atoms with Crippen molar-refractivity contribution in [2.45, 2.75) is 25.9 Å². The van der Waals surface area contributed by atoms with Crippen LogP contribution in [0, 0.1) is 6.92 Å². The topological polar surface area (TPSA) is 65.9 Å². The third kappa shape index (κ3) is 4.84. The molecule has 144 valence electrons. The zero-order valence-corrected chi connectivity index (χ0v) is 16.0. The Morgan fingerprint density at radius 3 is 2.78 bits per heavy atom. The van der Waals surface area contributed by atoms with Crippen molar-refractivity contribution in [1.82, 2.24) is 14.8 Å². The molecule has 0 radical (unpaired) electrons. The lowest BCUT2D eigenvalue weighted by molar-refractivity contribution is -0.143. The van der Waals surface area contributed by atoms with Crippen molar-refractivity contribution >= 4 is 5.97 Å². The number of hydrogen-bond acceptors (Lipinski definition) is 5. The molecule has 0 amide bonds. The van der Waals surface area contributed by atoms with Crippen LogP contribution in [0.4, 0.5) is 0 Å². The standard InChI is InChI=1S/C21H27N3O3/c1-16-13-18(6-7-19(16)27-2)20(21(25)26)24-10-4-9-23(11-12-24)15-17-5-3-8-22-14-17/h3,5-8,13-14,20H,4,9-12,15H2,1-2H3,(H,25,26)/t20-/m1/s1. The van der Waals surface area contributed by atoms with Crippen LogP contribution in [0.25, 0.3) is 0 Å². The molecule has 6 heteroatoms. The molecule has 2 aromatic rings. The van der Waals surface area contributed by atoms with Crippen molar-refractivity contribution in [2.75, 3.05) is 33.3 Å². The van der Waals surface area contributed by atoms with E-state index in [-0.39, 0.29) is 0 Å². The van der Waals surface area contributed by atoms with Gasteiger partial charge in [0.05, 0.1) is 7.11 Å². The molecule has 0 bridgehead atoms. The number of nitrogens with zero attached hydrogens (tertiary/aromatic N) is 3. The van der Waals surface area contributed by atoms with Gasteiger partial charge in [0, 0.05) is 38.6 Å². The second-order valence-corrected chi connectivity index (χ2v) is 7.00. The minimum Gasteiger partial charge on any atom is -0.496 e. The number of carboxylic acid groups (broad SMARTS) is 1. The molecule has 27 heavy (non-hydrogen) atoms. The average Bonchev–Trinajstić information content (AvgIpc) is 2.88. The fraction of sp³-hybridized carbons (Fsp3) is 0.429. The van der Waals surface area contributed by atoms with Crippen LogP contribution < -0.4 is 4.74 Å². The molecule has 2 heterocycles. The van der Waals surface area contributed by atoms with E-state index in [4.69, 9.17) is 4.74 Å². The number of carboxylic acids is 1. The molecule has 6 nitrogen and oxygen atoms in total. The fourth-order valence-electron chi connectivity index (χ4n) is 3.74. The Labute approximate surface area is 160 Å². The van der Waals surface area contributed by atoms with Gasteiger partial charge in [-0.25, -0.2) is 0 Å². The molecule has 1 saturated heterocycles. The van der Waals surface area contributed by atoms with E-state index in [1.807, 2.05) is 37.4 Å². The smallest absolute Gasteiger partial charge is 0.325 e. The first-order valence-electron chi connectivity index (χ1n) is 9.31. The van der Waals surface area contributed by atoms with Gasteiger partial charge in [0.2, 0.25) is 0 Å². The number of carbonyl (C=O) groups is 1. The second-order valence-electron chi connectivity index (χ2n) is 7.00. The summed E-state index contributed by atoms with van der Waals surface area (Å²) < 4.78 is 5.30. The highest BCUT2D eigenvalue weighted by atomic mass is 16.5. The van der Waals surface area contributed by atoms with E-state index in [0.29, 0.717) is 0 Å². The van der Waals surface area contributed by atoms with Crippen molar-refractivity contribution in [3.8, 4) is 5.75 Å². The summed E-state index contributed by atoms with van der Waals surface area (Å²) in [5, 5.41) is 9.89. The SMILES string of the molecule is COc1ccc([C@H](C(=O)O)N2CCCN(Cc3cccnc3)CC2)cc1C. The summed E-state index contributed by atoms with van der Waals surface area (Å²) >= 11 is 0. The second kappa shape index (κ2) is 8.97. The lowest BCUT2D eigenvalue weighted by atomic mass is 10.0. The van der Waals surface area contributed by atoms with Crippen LogP contribution in [0.15, 0.2) is 42.7 Å². The number of rotatable bonds is 6. The highest BCUT2D eigenvalue weighted by molar-refractivity contribution is 5.75. The largest absolute Gasteiger partial charge is 0.496 e. The monoisotopic (exact) mass is 369 g/mol. The molecule has 1 fully saturated rings. The van der Waals surface area contributed by atoms with E-state index in [9.17, 15) is 9.90 Å². The van der Waals surface area contributed by atoms with Crippen LogP contribution in [-0.4, -0.2) is 59.1 Å². The summed E-state index contributed by atoms with van der Waals surface area (Å²) in [6.07, 6.45) is 4.62. The average molecular weight is 369 g/mol. The van der Waals surface area contributed by atoms with E-state index in [0.717, 1.165) is 56.0 Å². The van der Waals surface area contributed by atoms with E-state index in [2.05, 4.69) is 20.9 Å². The third-order valence-electron chi connectivity index (χ3n) is 5.09. The summed E-state index contributed by atoms with van der Waals surface area (Å²) in [5.74, 6) is -0.0262. The van der Waals surface area contributed by atoms with Gasteiger partial charge in [0.15, 0.2) is 0 Å². The van der Waals surface area contributed by atoms with E-state index < -0.39 is 12.0 Å². The van der Waals surface area contributed by atoms with Crippen LogP contribution in [0.1, 0.15) is 29.2 Å². The Morgan fingerprint density at radius 1 is 1.26 bits per heavy atom.